The normalized spacial score (nSPS) is 10.1. The highest BCUT2D eigenvalue weighted by atomic mass is 16.5. The van der Waals surface area contributed by atoms with Crippen molar-refractivity contribution < 1.29 is 19.1 Å². The summed E-state index contributed by atoms with van der Waals surface area (Å²) in [5.74, 6) is -1.02. The summed E-state index contributed by atoms with van der Waals surface area (Å²) < 4.78 is 4.65. The molecule has 0 aromatic heterocycles. The minimum Gasteiger partial charge on any atom is -0.465 e. The average Bonchev–Trinajstić information content (AvgIpc) is 2.75. The number of methoxy groups -OCH3 is 1. The zero-order valence-corrected chi connectivity index (χ0v) is 16.1. The molecule has 0 aliphatic carbocycles. The number of nitrogens with one attached hydrogen (secondary N) is 2. The molecule has 146 valence electrons. The fraction of sp³-hybridized carbons (Fsp3) is 0.0870. The van der Waals surface area contributed by atoms with E-state index in [0.717, 1.165) is 5.56 Å². The number of hydrogen-bond donors (Lipinski definition) is 2. The summed E-state index contributed by atoms with van der Waals surface area (Å²) in [5, 5.41) is 5.61. The lowest BCUT2D eigenvalue weighted by molar-refractivity contribution is 0.0600. The van der Waals surface area contributed by atoms with Crippen LogP contribution in [0.2, 0.25) is 0 Å². The van der Waals surface area contributed by atoms with Crippen molar-refractivity contribution in [1.82, 2.24) is 0 Å². The van der Waals surface area contributed by atoms with Gasteiger partial charge in [-0.2, -0.15) is 0 Å². The first kappa shape index (κ1) is 19.8. The number of carbonyl (C=O) groups is 3. The third-order valence-corrected chi connectivity index (χ3v) is 4.35. The van der Waals surface area contributed by atoms with Crippen LogP contribution in [0.15, 0.2) is 72.8 Å². The van der Waals surface area contributed by atoms with Crippen molar-refractivity contribution in [3.05, 3.63) is 95.1 Å². The van der Waals surface area contributed by atoms with Crippen molar-refractivity contribution in [1.29, 1.82) is 0 Å². The molecule has 2 amide bonds. The first-order valence-corrected chi connectivity index (χ1v) is 8.94. The van der Waals surface area contributed by atoms with Crippen LogP contribution in [0.25, 0.3) is 0 Å². The maximum Gasteiger partial charge on any atom is 0.337 e. The Bertz CT molecular complexity index is 1040. The molecular formula is C23H20N2O4. The summed E-state index contributed by atoms with van der Waals surface area (Å²) in [6.45, 7) is 1.85. The number of amides is 2. The molecule has 6 nitrogen and oxygen atoms in total. The van der Waals surface area contributed by atoms with E-state index in [1.807, 2.05) is 13.0 Å². The molecule has 2 N–H and O–H groups in total. The molecule has 0 aliphatic rings. The summed E-state index contributed by atoms with van der Waals surface area (Å²) in [6.07, 6.45) is 0. The van der Waals surface area contributed by atoms with Crippen molar-refractivity contribution in [2.75, 3.05) is 17.7 Å². The van der Waals surface area contributed by atoms with Crippen molar-refractivity contribution in [3.63, 3.8) is 0 Å². The Kier molecular flexibility index (Phi) is 6.04. The molecule has 0 spiro atoms. The Morgan fingerprint density at radius 1 is 0.724 bits per heavy atom. The molecule has 0 saturated carbocycles. The van der Waals surface area contributed by atoms with Gasteiger partial charge in [0.1, 0.15) is 0 Å². The SMILES string of the molecule is COC(=O)c1ccc(NC(=O)c2ccc(C)c(NC(=O)c3ccccc3)c2)cc1. The van der Waals surface area contributed by atoms with Gasteiger partial charge in [-0.25, -0.2) is 4.79 Å². The van der Waals surface area contributed by atoms with E-state index in [0.29, 0.717) is 28.1 Å². The number of rotatable bonds is 5. The lowest BCUT2D eigenvalue weighted by Crippen LogP contribution is -2.15. The van der Waals surface area contributed by atoms with Crippen molar-refractivity contribution >= 4 is 29.2 Å². The van der Waals surface area contributed by atoms with E-state index < -0.39 is 5.97 Å². The molecule has 0 aliphatic heterocycles. The van der Waals surface area contributed by atoms with Gasteiger partial charge >= 0.3 is 5.97 Å². The minimum absolute atomic E-state index is 0.246. The molecule has 0 radical (unpaired) electrons. The summed E-state index contributed by atoms with van der Waals surface area (Å²) in [6, 6.07) is 20.3. The smallest absolute Gasteiger partial charge is 0.337 e. The van der Waals surface area contributed by atoms with Crippen LogP contribution >= 0.6 is 0 Å². The van der Waals surface area contributed by atoms with Crippen LogP contribution in [-0.4, -0.2) is 24.9 Å². The first-order valence-electron chi connectivity index (χ1n) is 8.94. The fourth-order valence-corrected chi connectivity index (χ4v) is 2.69. The third kappa shape index (κ3) is 4.87. The van der Waals surface area contributed by atoms with Gasteiger partial charge in [-0.15, -0.1) is 0 Å². The van der Waals surface area contributed by atoms with E-state index in [4.69, 9.17) is 0 Å². The van der Waals surface area contributed by atoms with Gasteiger partial charge in [0, 0.05) is 22.5 Å². The summed E-state index contributed by atoms with van der Waals surface area (Å²) >= 11 is 0. The molecule has 0 fully saturated rings. The van der Waals surface area contributed by atoms with E-state index in [2.05, 4.69) is 15.4 Å². The fourth-order valence-electron chi connectivity index (χ4n) is 2.69. The van der Waals surface area contributed by atoms with Crippen LogP contribution in [-0.2, 0) is 4.74 Å². The zero-order valence-electron chi connectivity index (χ0n) is 16.1. The summed E-state index contributed by atoms with van der Waals surface area (Å²) in [7, 11) is 1.31. The molecule has 3 aromatic carbocycles. The Labute approximate surface area is 168 Å². The quantitative estimate of drug-likeness (QED) is 0.639. The Morgan fingerprint density at radius 3 is 2.00 bits per heavy atom. The van der Waals surface area contributed by atoms with Gasteiger partial charge < -0.3 is 15.4 Å². The minimum atomic E-state index is -0.444. The van der Waals surface area contributed by atoms with Gasteiger partial charge in [-0.05, 0) is 61.0 Å². The van der Waals surface area contributed by atoms with E-state index in [9.17, 15) is 14.4 Å². The van der Waals surface area contributed by atoms with Crippen LogP contribution < -0.4 is 10.6 Å². The predicted octanol–water partition coefficient (Wildman–Crippen LogP) is 4.29. The molecular weight excluding hydrogens is 368 g/mol. The molecule has 0 heterocycles. The van der Waals surface area contributed by atoms with Gasteiger partial charge in [-0.1, -0.05) is 24.3 Å². The van der Waals surface area contributed by atoms with Crippen LogP contribution in [0.1, 0.15) is 36.6 Å². The predicted molar refractivity (Wildman–Crippen MR) is 111 cm³/mol. The molecule has 0 saturated heterocycles. The van der Waals surface area contributed by atoms with Gasteiger partial charge in [-0.3, -0.25) is 9.59 Å². The Balaban J connectivity index is 1.74. The van der Waals surface area contributed by atoms with E-state index in [-0.39, 0.29) is 11.8 Å². The highest BCUT2D eigenvalue weighted by Crippen LogP contribution is 2.19. The van der Waals surface area contributed by atoms with Crippen LogP contribution in [0.5, 0.6) is 0 Å². The van der Waals surface area contributed by atoms with Gasteiger partial charge in [0.25, 0.3) is 11.8 Å². The van der Waals surface area contributed by atoms with Crippen LogP contribution in [0.4, 0.5) is 11.4 Å². The van der Waals surface area contributed by atoms with Crippen LogP contribution in [0.3, 0.4) is 0 Å². The maximum atomic E-state index is 12.6. The van der Waals surface area contributed by atoms with Gasteiger partial charge in [0.2, 0.25) is 0 Å². The van der Waals surface area contributed by atoms with Gasteiger partial charge in [0.05, 0.1) is 12.7 Å². The monoisotopic (exact) mass is 388 g/mol. The van der Waals surface area contributed by atoms with E-state index >= 15 is 0 Å². The number of ether oxygens (including phenoxy) is 1. The molecule has 0 bridgehead atoms. The topological polar surface area (TPSA) is 84.5 Å². The largest absolute Gasteiger partial charge is 0.465 e. The lowest BCUT2D eigenvalue weighted by Gasteiger charge is -2.11. The van der Waals surface area contributed by atoms with Crippen LogP contribution in [0, 0.1) is 6.92 Å². The number of esters is 1. The van der Waals surface area contributed by atoms with E-state index in [1.54, 1.807) is 66.7 Å². The number of hydrogen-bond acceptors (Lipinski definition) is 4. The summed E-state index contributed by atoms with van der Waals surface area (Å²) in [5.41, 5.74) is 3.27. The zero-order chi connectivity index (χ0) is 20.8. The third-order valence-electron chi connectivity index (χ3n) is 4.35. The molecule has 6 heteroatoms. The highest BCUT2D eigenvalue weighted by Gasteiger charge is 2.12. The Hall–Kier alpha value is -3.93. The summed E-state index contributed by atoms with van der Waals surface area (Å²) in [4.78, 5) is 36.5. The maximum absolute atomic E-state index is 12.6. The first-order chi connectivity index (χ1) is 14.0. The number of benzene rings is 3. The standard InChI is InChI=1S/C23H20N2O4/c1-15-8-9-18(14-20(15)25-21(26)16-6-4-3-5-7-16)22(27)24-19-12-10-17(11-13-19)23(28)29-2/h3-14H,1-2H3,(H,24,27)(H,25,26). The Morgan fingerprint density at radius 2 is 1.34 bits per heavy atom. The van der Waals surface area contributed by atoms with E-state index in [1.165, 1.54) is 7.11 Å². The molecule has 3 rings (SSSR count). The number of anilines is 2. The number of carbonyl (C=O) groups excluding carboxylic acids is 3. The number of aryl methyl sites for hydroxylation is 1. The van der Waals surface area contributed by atoms with Crippen molar-refractivity contribution in [2.45, 2.75) is 6.92 Å². The van der Waals surface area contributed by atoms with Crippen molar-refractivity contribution in [2.24, 2.45) is 0 Å². The second-order valence-electron chi connectivity index (χ2n) is 6.37. The van der Waals surface area contributed by atoms with Gasteiger partial charge in [0.15, 0.2) is 0 Å². The highest BCUT2D eigenvalue weighted by molar-refractivity contribution is 6.07. The molecule has 0 atom stereocenters. The molecule has 3 aromatic rings. The lowest BCUT2D eigenvalue weighted by atomic mass is 10.1. The molecule has 0 unspecified atom stereocenters. The second kappa shape index (κ2) is 8.84. The molecule has 29 heavy (non-hydrogen) atoms. The second-order valence-corrected chi connectivity index (χ2v) is 6.37. The van der Waals surface area contributed by atoms with Crippen molar-refractivity contribution in [3.8, 4) is 0 Å². The average molecular weight is 388 g/mol.